The van der Waals surface area contributed by atoms with Crippen LogP contribution in [0.1, 0.15) is 28.3 Å². The minimum absolute atomic E-state index is 0.0257. The number of likely N-dealkylation sites (N-methyl/N-ethyl adjacent to an activating group) is 1. The molecular formula is C23H28N2O4S. The van der Waals surface area contributed by atoms with Crippen molar-refractivity contribution in [3.63, 3.8) is 0 Å². The van der Waals surface area contributed by atoms with E-state index in [2.05, 4.69) is 23.4 Å². The summed E-state index contributed by atoms with van der Waals surface area (Å²) in [6.07, 6.45) is 2.16. The molecule has 1 fully saturated rings. The van der Waals surface area contributed by atoms with Gasteiger partial charge in [-0.3, -0.25) is 4.79 Å². The Morgan fingerprint density at radius 2 is 1.90 bits per heavy atom. The third-order valence-corrected chi connectivity index (χ3v) is 6.61. The minimum Gasteiger partial charge on any atom is -0.459 e. The molecule has 2 aliphatic heterocycles. The maximum Gasteiger partial charge on any atom is 0.288 e. The lowest BCUT2D eigenvalue weighted by Gasteiger charge is -2.35. The molecule has 1 aromatic heterocycles. The fourth-order valence-corrected chi connectivity index (χ4v) is 4.52. The van der Waals surface area contributed by atoms with Crippen LogP contribution in [0.5, 0.6) is 0 Å². The van der Waals surface area contributed by atoms with Gasteiger partial charge in [-0.25, -0.2) is 0 Å². The molecule has 4 rings (SSSR count). The van der Waals surface area contributed by atoms with Crippen LogP contribution in [-0.2, 0) is 27.5 Å². The van der Waals surface area contributed by atoms with Crippen LogP contribution in [-0.4, -0.2) is 60.3 Å². The SMILES string of the molecule is CN1CCN(C(=O)C2=C[C@@H](c3cccs3)C[C@@H](OCc3ccc(CO)cc3)O2)CC1. The number of thiophene rings is 1. The third-order valence-electron chi connectivity index (χ3n) is 5.61. The first kappa shape index (κ1) is 21.1. The Labute approximate surface area is 181 Å². The van der Waals surface area contributed by atoms with E-state index in [-0.39, 0.29) is 18.4 Å². The van der Waals surface area contributed by atoms with Crippen molar-refractivity contribution in [3.8, 4) is 0 Å². The second-order valence-electron chi connectivity index (χ2n) is 7.82. The molecule has 1 N–H and O–H groups in total. The van der Waals surface area contributed by atoms with Gasteiger partial charge in [-0.05, 0) is 35.7 Å². The van der Waals surface area contributed by atoms with Crippen LogP contribution in [0.15, 0.2) is 53.6 Å². The van der Waals surface area contributed by atoms with Crippen molar-refractivity contribution in [2.24, 2.45) is 0 Å². The number of rotatable bonds is 6. The number of aliphatic hydroxyl groups is 1. The molecule has 0 bridgehead atoms. The van der Waals surface area contributed by atoms with Gasteiger partial charge in [0.2, 0.25) is 6.29 Å². The fraction of sp³-hybridized carbons (Fsp3) is 0.435. The van der Waals surface area contributed by atoms with E-state index in [9.17, 15) is 9.90 Å². The van der Waals surface area contributed by atoms with E-state index < -0.39 is 6.29 Å². The number of ether oxygens (including phenoxy) is 2. The monoisotopic (exact) mass is 428 g/mol. The molecule has 0 unspecified atom stereocenters. The van der Waals surface area contributed by atoms with Gasteiger partial charge in [-0.2, -0.15) is 0 Å². The lowest BCUT2D eigenvalue weighted by Crippen LogP contribution is -2.48. The molecule has 1 aromatic carbocycles. The maximum atomic E-state index is 13.1. The Balaban J connectivity index is 1.45. The molecule has 1 saturated heterocycles. The number of amides is 1. The van der Waals surface area contributed by atoms with Crippen molar-refractivity contribution in [1.82, 2.24) is 9.80 Å². The summed E-state index contributed by atoms with van der Waals surface area (Å²) >= 11 is 1.69. The van der Waals surface area contributed by atoms with Gasteiger partial charge in [0, 0.05) is 43.4 Å². The predicted molar refractivity (Wildman–Crippen MR) is 116 cm³/mol. The predicted octanol–water partition coefficient (Wildman–Crippen LogP) is 2.95. The van der Waals surface area contributed by atoms with E-state index in [1.165, 1.54) is 4.88 Å². The Bertz CT molecular complexity index is 858. The molecule has 2 atom stereocenters. The zero-order chi connectivity index (χ0) is 20.9. The molecular weight excluding hydrogens is 400 g/mol. The second kappa shape index (κ2) is 9.75. The lowest BCUT2D eigenvalue weighted by atomic mass is 9.99. The second-order valence-corrected chi connectivity index (χ2v) is 8.80. The van der Waals surface area contributed by atoms with Crippen molar-refractivity contribution >= 4 is 17.2 Å². The number of carbonyl (C=O) groups excluding carboxylic acids is 1. The van der Waals surface area contributed by atoms with Gasteiger partial charge in [0.15, 0.2) is 5.76 Å². The Morgan fingerprint density at radius 3 is 2.57 bits per heavy atom. The van der Waals surface area contributed by atoms with Crippen LogP contribution < -0.4 is 0 Å². The van der Waals surface area contributed by atoms with Crippen molar-refractivity contribution in [2.45, 2.75) is 31.8 Å². The van der Waals surface area contributed by atoms with Crippen LogP contribution in [0.25, 0.3) is 0 Å². The summed E-state index contributed by atoms with van der Waals surface area (Å²) in [4.78, 5) is 18.4. The van der Waals surface area contributed by atoms with Crippen molar-refractivity contribution < 1.29 is 19.4 Å². The minimum atomic E-state index is -0.481. The smallest absolute Gasteiger partial charge is 0.288 e. The number of hydrogen-bond acceptors (Lipinski definition) is 6. The number of carbonyl (C=O) groups is 1. The first-order chi connectivity index (χ1) is 14.6. The number of aliphatic hydroxyl groups excluding tert-OH is 1. The van der Waals surface area contributed by atoms with Gasteiger partial charge in [-0.15, -0.1) is 11.3 Å². The molecule has 160 valence electrons. The summed E-state index contributed by atoms with van der Waals surface area (Å²) in [5.41, 5.74) is 1.87. The molecule has 2 aliphatic rings. The highest BCUT2D eigenvalue weighted by Crippen LogP contribution is 2.34. The molecule has 0 spiro atoms. The maximum absolute atomic E-state index is 13.1. The molecule has 6 nitrogen and oxygen atoms in total. The highest BCUT2D eigenvalue weighted by molar-refractivity contribution is 7.10. The quantitative estimate of drug-likeness (QED) is 0.767. The summed E-state index contributed by atoms with van der Waals surface area (Å²) in [6, 6.07) is 11.8. The Morgan fingerprint density at radius 1 is 1.17 bits per heavy atom. The van der Waals surface area contributed by atoms with Gasteiger partial charge in [-0.1, -0.05) is 30.3 Å². The Hall–Kier alpha value is -2.19. The number of allylic oxidation sites excluding steroid dienone is 1. The summed E-state index contributed by atoms with van der Waals surface area (Å²) in [6.45, 7) is 3.58. The molecule has 0 radical (unpaired) electrons. The molecule has 3 heterocycles. The van der Waals surface area contributed by atoms with Crippen molar-refractivity contribution in [1.29, 1.82) is 0 Å². The van der Waals surface area contributed by atoms with Gasteiger partial charge in [0.1, 0.15) is 0 Å². The standard InChI is InChI=1S/C23H28N2O4S/c1-24-8-10-25(11-9-24)23(27)20-13-19(21-3-2-12-30-21)14-22(29-20)28-16-18-6-4-17(15-26)5-7-18/h2-7,12-13,19,22,26H,8-11,14-16H2,1H3/t19-,22+/m1/s1. The Kier molecular flexibility index (Phi) is 6.84. The largest absolute Gasteiger partial charge is 0.459 e. The molecule has 1 amide bonds. The average Bonchev–Trinajstić information content (AvgIpc) is 3.33. The van der Waals surface area contributed by atoms with E-state index in [1.807, 2.05) is 41.3 Å². The highest BCUT2D eigenvalue weighted by Gasteiger charge is 2.32. The summed E-state index contributed by atoms with van der Waals surface area (Å²) < 4.78 is 12.1. The molecule has 0 aliphatic carbocycles. The van der Waals surface area contributed by atoms with E-state index >= 15 is 0 Å². The van der Waals surface area contributed by atoms with E-state index in [0.29, 0.717) is 31.9 Å². The van der Waals surface area contributed by atoms with Gasteiger partial charge < -0.3 is 24.4 Å². The van der Waals surface area contributed by atoms with Crippen LogP contribution in [0.4, 0.5) is 0 Å². The first-order valence-corrected chi connectivity index (χ1v) is 11.2. The van der Waals surface area contributed by atoms with E-state index in [4.69, 9.17) is 9.47 Å². The van der Waals surface area contributed by atoms with Crippen LogP contribution in [0.3, 0.4) is 0 Å². The number of benzene rings is 1. The summed E-state index contributed by atoms with van der Waals surface area (Å²) in [5.74, 6) is 0.446. The summed E-state index contributed by atoms with van der Waals surface area (Å²) in [5, 5.41) is 11.2. The number of piperazine rings is 1. The van der Waals surface area contributed by atoms with Crippen LogP contribution in [0, 0.1) is 0 Å². The fourth-order valence-electron chi connectivity index (χ4n) is 3.71. The summed E-state index contributed by atoms with van der Waals surface area (Å²) in [7, 11) is 2.07. The van der Waals surface area contributed by atoms with E-state index in [0.717, 1.165) is 24.2 Å². The molecule has 0 saturated carbocycles. The number of hydrogen-bond donors (Lipinski definition) is 1. The van der Waals surface area contributed by atoms with Crippen molar-refractivity contribution in [2.75, 3.05) is 33.2 Å². The zero-order valence-electron chi connectivity index (χ0n) is 17.2. The number of nitrogens with zero attached hydrogens (tertiary/aromatic N) is 2. The van der Waals surface area contributed by atoms with Crippen molar-refractivity contribution in [3.05, 3.63) is 69.6 Å². The van der Waals surface area contributed by atoms with Crippen LogP contribution >= 0.6 is 11.3 Å². The molecule has 2 aromatic rings. The highest BCUT2D eigenvalue weighted by atomic mass is 32.1. The molecule has 7 heteroatoms. The van der Waals surface area contributed by atoms with Gasteiger partial charge >= 0.3 is 0 Å². The zero-order valence-corrected chi connectivity index (χ0v) is 18.0. The topological polar surface area (TPSA) is 62.2 Å². The average molecular weight is 429 g/mol. The lowest BCUT2D eigenvalue weighted by molar-refractivity contribution is -0.156. The molecule has 30 heavy (non-hydrogen) atoms. The van der Waals surface area contributed by atoms with Crippen LogP contribution in [0.2, 0.25) is 0 Å². The van der Waals surface area contributed by atoms with Gasteiger partial charge in [0.25, 0.3) is 5.91 Å². The first-order valence-electron chi connectivity index (χ1n) is 10.3. The normalized spacial score (nSPS) is 22.5. The third kappa shape index (κ3) is 5.10. The van der Waals surface area contributed by atoms with Gasteiger partial charge in [0.05, 0.1) is 13.2 Å². The van der Waals surface area contributed by atoms with E-state index in [1.54, 1.807) is 11.3 Å².